The van der Waals surface area contributed by atoms with E-state index in [1.54, 1.807) is 6.07 Å². The van der Waals surface area contributed by atoms with Crippen LogP contribution in [0.1, 0.15) is 26.3 Å². The fourth-order valence-corrected chi connectivity index (χ4v) is 1.67. The van der Waals surface area contributed by atoms with Crippen LogP contribution in [0.5, 0.6) is 11.5 Å². The quantitative estimate of drug-likeness (QED) is 0.619. The van der Waals surface area contributed by atoms with Gasteiger partial charge in [0, 0.05) is 17.2 Å². The fraction of sp³-hybridized carbons (Fsp3) is 0.364. The molecule has 0 saturated heterocycles. The topological polar surface area (TPSA) is 52.8 Å². The highest BCUT2D eigenvalue weighted by Gasteiger charge is 2.33. The number of hydrogen-bond acceptors (Lipinski definition) is 3. The second kappa shape index (κ2) is 2.50. The molecule has 0 saturated carbocycles. The van der Waals surface area contributed by atoms with Gasteiger partial charge >= 0.3 is 0 Å². The van der Waals surface area contributed by atoms with Crippen molar-refractivity contribution in [3.63, 3.8) is 0 Å². The summed E-state index contributed by atoms with van der Waals surface area (Å²) in [7, 11) is 0. The molecule has 3 nitrogen and oxygen atoms in total. The van der Waals surface area contributed by atoms with Gasteiger partial charge in [-0.05, 0) is 18.6 Å². The first-order chi connectivity index (χ1) is 6.43. The van der Waals surface area contributed by atoms with Gasteiger partial charge in [-0.3, -0.25) is 4.99 Å². The summed E-state index contributed by atoms with van der Waals surface area (Å²) in [4.78, 5) is 4.35. The normalized spacial score (nSPS) is 17.8. The van der Waals surface area contributed by atoms with Gasteiger partial charge in [0.05, 0.1) is 5.69 Å². The third-order valence-corrected chi connectivity index (χ3v) is 2.96. The van der Waals surface area contributed by atoms with Crippen molar-refractivity contribution in [3.8, 4) is 11.5 Å². The SMILES string of the molecule is CC1=Nc2cc(O)c(O)cc2C1(C)C. The van der Waals surface area contributed by atoms with E-state index >= 15 is 0 Å². The molecule has 0 bridgehead atoms. The summed E-state index contributed by atoms with van der Waals surface area (Å²) in [5.74, 6) is -0.195. The number of phenols is 2. The summed E-state index contributed by atoms with van der Waals surface area (Å²) in [6.45, 7) is 6.05. The zero-order valence-electron chi connectivity index (χ0n) is 8.50. The van der Waals surface area contributed by atoms with Crippen LogP contribution in [-0.2, 0) is 5.41 Å². The van der Waals surface area contributed by atoms with Crippen LogP contribution < -0.4 is 0 Å². The standard InChI is InChI=1S/C11H13NO2/c1-6-11(2,3)7-4-9(13)10(14)5-8(7)12-6/h4-5,13-14H,1-3H3. The minimum absolute atomic E-state index is 0.0817. The number of rotatable bonds is 0. The average molecular weight is 191 g/mol. The fourth-order valence-electron chi connectivity index (χ4n) is 1.67. The number of aliphatic imine (C=N–C) groups is 1. The van der Waals surface area contributed by atoms with Gasteiger partial charge in [0.25, 0.3) is 0 Å². The highest BCUT2D eigenvalue weighted by Crippen LogP contribution is 2.44. The molecule has 2 rings (SSSR count). The molecule has 1 aromatic rings. The Bertz CT molecular complexity index is 433. The molecule has 3 heteroatoms. The summed E-state index contributed by atoms with van der Waals surface area (Å²) >= 11 is 0. The van der Waals surface area contributed by atoms with Crippen LogP contribution >= 0.6 is 0 Å². The lowest BCUT2D eigenvalue weighted by atomic mass is 9.82. The number of aromatic hydroxyl groups is 2. The minimum atomic E-state index is -0.152. The van der Waals surface area contributed by atoms with Gasteiger partial charge in [-0.25, -0.2) is 0 Å². The van der Waals surface area contributed by atoms with Crippen LogP contribution in [0.25, 0.3) is 0 Å². The maximum absolute atomic E-state index is 9.40. The molecule has 1 aliphatic heterocycles. The first kappa shape index (κ1) is 9.06. The smallest absolute Gasteiger partial charge is 0.159 e. The van der Waals surface area contributed by atoms with Crippen LogP contribution in [0, 0.1) is 0 Å². The van der Waals surface area contributed by atoms with E-state index in [4.69, 9.17) is 0 Å². The van der Waals surface area contributed by atoms with Gasteiger partial charge in [0.2, 0.25) is 0 Å². The average Bonchev–Trinajstić information content (AvgIpc) is 2.28. The first-order valence-electron chi connectivity index (χ1n) is 4.55. The van der Waals surface area contributed by atoms with Crippen molar-refractivity contribution >= 4 is 11.4 Å². The molecule has 0 aromatic heterocycles. The van der Waals surface area contributed by atoms with E-state index in [0.29, 0.717) is 0 Å². The molecule has 0 aliphatic carbocycles. The minimum Gasteiger partial charge on any atom is -0.504 e. The van der Waals surface area contributed by atoms with Gasteiger partial charge in [0.1, 0.15) is 0 Å². The van der Waals surface area contributed by atoms with Crippen molar-refractivity contribution in [3.05, 3.63) is 17.7 Å². The first-order valence-corrected chi connectivity index (χ1v) is 4.55. The number of fused-ring (bicyclic) bond motifs is 1. The molecule has 0 spiro atoms. The number of benzene rings is 1. The molecule has 1 aliphatic rings. The molecular formula is C11H13NO2. The molecule has 0 fully saturated rings. The molecule has 0 atom stereocenters. The predicted molar refractivity (Wildman–Crippen MR) is 55.6 cm³/mol. The highest BCUT2D eigenvalue weighted by molar-refractivity contribution is 5.99. The Morgan fingerprint density at radius 1 is 1.14 bits per heavy atom. The zero-order chi connectivity index (χ0) is 10.5. The van der Waals surface area contributed by atoms with E-state index in [2.05, 4.69) is 4.99 Å². The van der Waals surface area contributed by atoms with Crippen LogP contribution in [0.4, 0.5) is 5.69 Å². The molecule has 74 valence electrons. The molecule has 0 radical (unpaired) electrons. The number of hydrogen-bond donors (Lipinski definition) is 2. The lowest BCUT2D eigenvalue weighted by Crippen LogP contribution is -2.22. The summed E-state index contributed by atoms with van der Waals surface area (Å²) in [5, 5.41) is 18.7. The summed E-state index contributed by atoms with van der Waals surface area (Å²) in [6, 6.07) is 3.09. The van der Waals surface area contributed by atoms with Gasteiger partial charge < -0.3 is 10.2 Å². The van der Waals surface area contributed by atoms with E-state index in [9.17, 15) is 10.2 Å². The maximum atomic E-state index is 9.40. The Kier molecular flexibility index (Phi) is 1.62. The Labute approximate surface area is 82.7 Å². The molecule has 1 aromatic carbocycles. The van der Waals surface area contributed by atoms with Crippen LogP contribution in [-0.4, -0.2) is 15.9 Å². The second-order valence-electron chi connectivity index (χ2n) is 4.18. The van der Waals surface area contributed by atoms with Gasteiger partial charge in [0.15, 0.2) is 11.5 Å². The van der Waals surface area contributed by atoms with Crippen molar-refractivity contribution in [2.75, 3.05) is 0 Å². The second-order valence-corrected chi connectivity index (χ2v) is 4.18. The van der Waals surface area contributed by atoms with Crippen LogP contribution in [0.3, 0.4) is 0 Å². The van der Waals surface area contributed by atoms with Crippen molar-refractivity contribution in [1.29, 1.82) is 0 Å². The van der Waals surface area contributed by atoms with E-state index in [-0.39, 0.29) is 16.9 Å². The van der Waals surface area contributed by atoms with Crippen molar-refractivity contribution in [1.82, 2.24) is 0 Å². The third-order valence-electron chi connectivity index (χ3n) is 2.96. The molecule has 2 N–H and O–H groups in total. The largest absolute Gasteiger partial charge is 0.504 e. The van der Waals surface area contributed by atoms with E-state index < -0.39 is 0 Å². The monoisotopic (exact) mass is 191 g/mol. The van der Waals surface area contributed by atoms with E-state index in [1.165, 1.54) is 6.07 Å². The highest BCUT2D eigenvalue weighted by atomic mass is 16.3. The molecular weight excluding hydrogens is 178 g/mol. The van der Waals surface area contributed by atoms with Gasteiger partial charge in [-0.1, -0.05) is 13.8 Å². The van der Waals surface area contributed by atoms with Crippen LogP contribution in [0.2, 0.25) is 0 Å². The Balaban J connectivity index is 2.69. The summed E-state index contributed by atoms with van der Waals surface area (Å²) < 4.78 is 0. The lowest BCUT2D eigenvalue weighted by Gasteiger charge is -2.19. The summed E-state index contributed by atoms with van der Waals surface area (Å²) in [5.41, 5.74) is 2.56. The lowest BCUT2D eigenvalue weighted by molar-refractivity contribution is 0.403. The molecule has 14 heavy (non-hydrogen) atoms. The van der Waals surface area contributed by atoms with Crippen molar-refractivity contribution < 1.29 is 10.2 Å². The van der Waals surface area contributed by atoms with E-state index in [1.807, 2.05) is 20.8 Å². The molecule has 0 unspecified atom stereocenters. The summed E-state index contributed by atoms with van der Waals surface area (Å²) in [6.07, 6.45) is 0. The Hall–Kier alpha value is -1.51. The molecule has 0 amide bonds. The van der Waals surface area contributed by atoms with Gasteiger partial charge in [-0.15, -0.1) is 0 Å². The zero-order valence-corrected chi connectivity index (χ0v) is 8.50. The number of phenolic OH excluding ortho intramolecular Hbond substituents is 2. The van der Waals surface area contributed by atoms with E-state index in [0.717, 1.165) is 17.0 Å². The maximum Gasteiger partial charge on any atom is 0.159 e. The number of nitrogens with zero attached hydrogens (tertiary/aromatic N) is 1. The Morgan fingerprint density at radius 2 is 1.71 bits per heavy atom. The third kappa shape index (κ3) is 1.02. The van der Waals surface area contributed by atoms with Crippen LogP contribution in [0.15, 0.2) is 17.1 Å². The van der Waals surface area contributed by atoms with Crippen molar-refractivity contribution in [2.45, 2.75) is 26.2 Å². The molecule has 1 heterocycles. The van der Waals surface area contributed by atoms with Crippen molar-refractivity contribution in [2.24, 2.45) is 4.99 Å². The predicted octanol–water partition coefficient (Wildman–Crippen LogP) is 2.48. The Morgan fingerprint density at radius 3 is 2.36 bits per heavy atom. The van der Waals surface area contributed by atoms with Gasteiger partial charge in [-0.2, -0.15) is 0 Å².